The molecule has 2 aromatic rings. The molecule has 2 fully saturated rings. The van der Waals surface area contributed by atoms with Crippen LogP contribution in [-0.2, 0) is 6.42 Å². The molecule has 0 aromatic heterocycles. The highest BCUT2D eigenvalue weighted by molar-refractivity contribution is 5.80. The van der Waals surface area contributed by atoms with Crippen LogP contribution in [-0.4, -0.2) is 35.5 Å². The lowest BCUT2D eigenvalue weighted by atomic mass is 9.55. The molecule has 1 unspecified atom stereocenters. The second-order valence-electron chi connectivity index (χ2n) is 11.0. The summed E-state index contributed by atoms with van der Waals surface area (Å²) in [7, 11) is 0. The number of para-hydroxylation sites is 1. The van der Waals surface area contributed by atoms with Gasteiger partial charge in [0.1, 0.15) is 23.9 Å². The van der Waals surface area contributed by atoms with Gasteiger partial charge in [-0.1, -0.05) is 45.0 Å². The van der Waals surface area contributed by atoms with Gasteiger partial charge in [-0.25, -0.2) is 4.39 Å². The maximum Gasteiger partial charge on any atom is 0.149 e. The van der Waals surface area contributed by atoms with Crippen molar-refractivity contribution < 1.29 is 14.2 Å². The van der Waals surface area contributed by atoms with Crippen molar-refractivity contribution in [2.75, 3.05) is 13.1 Å². The minimum absolute atomic E-state index is 0.0470. The van der Waals surface area contributed by atoms with Crippen molar-refractivity contribution in [1.82, 2.24) is 4.90 Å². The smallest absolute Gasteiger partial charge is 0.149 e. The summed E-state index contributed by atoms with van der Waals surface area (Å²) in [5.74, 6) is 2.65. The molecule has 4 heteroatoms. The Labute approximate surface area is 204 Å². The summed E-state index contributed by atoms with van der Waals surface area (Å²) in [6.07, 6.45) is 5.10. The van der Waals surface area contributed by atoms with E-state index in [4.69, 9.17) is 4.74 Å². The summed E-state index contributed by atoms with van der Waals surface area (Å²) in [4.78, 5) is 2.28. The van der Waals surface area contributed by atoms with Crippen LogP contribution in [0.1, 0.15) is 76.8 Å². The maximum atomic E-state index is 14.8. The van der Waals surface area contributed by atoms with Gasteiger partial charge in [-0.05, 0) is 99.6 Å². The molecular formula is C30H40FNO2. The molecule has 34 heavy (non-hydrogen) atoms. The molecule has 0 amide bonds. The molecule has 0 radical (unpaired) electrons. The summed E-state index contributed by atoms with van der Waals surface area (Å²) in [6, 6.07) is 12.2. The normalized spacial score (nSPS) is 31.0. The van der Waals surface area contributed by atoms with E-state index in [0.717, 1.165) is 68.5 Å². The van der Waals surface area contributed by atoms with Gasteiger partial charge >= 0.3 is 0 Å². The van der Waals surface area contributed by atoms with Gasteiger partial charge in [0.25, 0.3) is 0 Å². The molecule has 0 saturated heterocycles. The van der Waals surface area contributed by atoms with E-state index < -0.39 is 6.17 Å². The Bertz CT molecular complexity index is 1030. The molecule has 0 aliphatic heterocycles. The van der Waals surface area contributed by atoms with Crippen LogP contribution in [0.5, 0.6) is 11.5 Å². The van der Waals surface area contributed by atoms with E-state index in [-0.39, 0.29) is 11.6 Å². The predicted octanol–water partition coefficient (Wildman–Crippen LogP) is 7.32. The molecule has 0 spiro atoms. The molecule has 2 saturated carbocycles. The lowest BCUT2D eigenvalue weighted by molar-refractivity contribution is 0.0144. The van der Waals surface area contributed by atoms with Crippen molar-refractivity contribution >= 4 is 0 Å². The fraction of sp³-hybridized carbons (Fsp3) is 0.600. The first-order chi connectivity index (χ1) is 16.4. The lowest BCUT2D eigenvalue weighted by Gasteiger charge is -2.50. The average Bonchev–Trinajstić information content (AvgIpc) is 3.14. The van der Waals surface area contributed by atoms with Crippen molar-refractivity contribution in [3.63, 3.8) is 0 Å². The number of aromatic hydroxyl groups is 1. The third-order valence-electron chi connectivity index (χ3n) is 9.56. The fourth-order valence-electron chi connectivity index (χ4n) is 7.66. The van der Waals surface area contributed by atoms with Gasteiger partial charge in [-0.15, -0.1) is 0 Å². The summed E-state index contributed by atoms with van der Waals surface area (Å²) < 4.78 is 21.3. The van der Waals surface area contributed by atoms with Crippen LogP contribution in [0.4, 0.5) is 4.39 Å². The lowest BCUT2D eigenvalue weighted by Crippen LogP contribution is -2.43. The van der Waals surface area contributed by atoms with Gasteiger partial charge in [0.05, 0.1) is 0 Å². The SMILES string of the molecule is CCN(CC)C(C)Oc1ccccc1-c1c(O)ccc2c1CC[C@@H]1[C@@H]2CC[C@]2(C)[C@H](F)CC[C@@H]12. The molecule has 6 atom stereocenters. The van der Waals surface area contributed by atoms with E-state index in [1.54, 1.807) is 0 Å². The number of halogens is 1. The standard InChI is InChI=1S/C30H40FNO2/c1-5-32(6-2)19(3)34-27-10-8-7-9-24(27)29-23-12-11-22-21(20(23)13-15-26(29)33)17-18-30(4)25(22)14-16-28(30)31/h7-10,13,15,19,21-22,25,28,33H,5-6,11-12,14,16-18H2,1-4H3/t19?,21-,22-,25+,28-,30+/m1/s1. The van der Waals surface area contributed by atoms with Crippen molar-refractivity contribution in [2.45, 2.75) is 84.5 Å². The fourth-order valence-corrected chi connectivity index (χ4v) is 7.66. The Balaban J connectivity index is 1.52. The third kappa shape index (κ3) is 3.73. The number of hydrogen-bond donors (Lipinski definition) is 1. The molecule has 184 valence electrons. The molecular weight excluding hydrogens is 425 g/mol. The number of ether oxygens (including phenoxy) is 1. The molecule has 3 nitrogen and oxygen atoms in total. The Morgan fingerprint density at radius 1 is 1.09 bits per heavy atom. The Morgan fingerprint density at radius 2 is 1.85 bits per heavy atom. The first-order valence-electron chi connectivity index (χ1n) is 13.4. The zero-order valence-corrected chi connectivity index (χ0v) is 21.2. The zero-order chi connectivity index (χ0) is 24.0. The van der Waals surface area contributed by atoms with Gasteiger partial charge in [0.15, 0.2) is 0 Å². The predicted molar refractivity (Wildman–Crippen MR) is 136 cm³/mol. The topological polar surface area (TPSA) is 32.7 Å². The van der Waals surface area contributed by atoms with Crippen LogP contribution >= 0.6 is 0 Å². The third-order valence-corrected chi connectivity index (χ3v) is 9.56. The Kier molecular flexibility index (Phi) is 6.39. The van der Waals surface area contributed by atoms with Crippen LogP contribution in [0.15, 0.2) is 36.4 Å². The Hall–Kier alpha value is -2.07. The molecule has 5 rings (SSSR count). The summed E-state index contributed by atoms with van der Waals surface area (Å²) in [5, 5.41) is 11.1. The second kappa shape index (κ2) is 9.18. The van der Waals surface area contributed by atoms with Crippen LogP contribution in [0, 0.1) is 17.3 Å². The van der Waals surface area contributed by atoms with Crippen LogP contribution < -0.4 is 4.74 Å². The first kappa shape index (κ1) is 23.7. The summed E-state index contributed by atoms with van der Waals surface area (Å²) >= 11 is 0. The highest BCUT2D eigenvalue weighted by atomic mass is 19.1. The quantitative estimate of drug-likeness (QED) is 0.454. The number of phenols is 1. The molecule has 0 bridgehead atoms. The van der Waals surface area contributed by atoms with Gasteiger partial charge in [-0.3, -0.25) is 4.90 Å². The zero-order valence-electron chi connectivity index (χ0n) is 21.2. The van der Waals surface area contributed by atoms with E-state index >= 15 is 0 Å². The van der Waals surface area contributed by atoms with Crippen molar-refractivity contribution in [3.05, 3.63) is 47.5 Å². The molecule has 2 aromatic carbocycles. The molecule has 1 N–H and O–H groups in total. The minimum atomic E-state index is -0.646. The van der Waals surface area contributed by atoms with Gasteiger partial charge < -0.3 is 9.84 Å². The minimum Gasteiger partial charge on any atom is -0.507 e. The summed E-state index contributed by atoms with van der Waals surface area (Å²) in [6.45, 7) is 10.4. The maximum absolute atomic E-state index is 14.8. The number of nitrogens with zero attached hydrogens (tertiary/aromatic N) is 1. The van der Waals surface area contributed by atoms with Crippen LogP contribution in [0.25, 0.3) is 11.1 Å². The van der Waals surface area contributed by atoms with E-state index in [1.807, 2.05) is 24.3 Å². The van der Waals surface area contributed by atoms with Gasteiger partial charge in [0, 0.05) is 16.5 Å². The number of phenolic OH excluding ortho intramolecular Hbond substituents is 1. The highest BCUT2D eigenvalue weighted by Crippen LogP contribution is 2.62. The van der Waals surface area contributed by atoms with E-state index in [2.05, 4.69) is 44.7 Å². The number of benzene rings is 2. The van der Waals surface area contributed by atoms with Crippen LogP contribution in [0.3, 0.4) is 0 Å². The highest BCUT2D eigenvalue weighted by Gasteiger charge is 2.55. The summed E-state index contributed by atoms with van der Waals surface area (Å²) in [5.41, 5.74) is 4.41. The second-order valence-corrected chi connectivity index (χ2v) is 11.0. The number of hydrogen-bond acceptors (Lipinski definition) is 3. The van der Waals surface area contributed by atoms with Crippen molar-refractivity contribution in [3.8, 4) is 22.6 Å². The van der Waals surface area contributed by atoms with E-state index in [0.29, 0.717) is 23.5 Å². The Morgan fingerprint density at radius 3 is 2.62 bits per heavy atom. The van der Waals surface area contributed by atoms with E-state index in [9.17, 15) is 9.50 Å². The van der Waals surface area contributed by atoms with Gasteiger partial charge in [0.2, 0.25) is 0 Å². The molecule has 3 aliphatic carbocycles. The number of rotatable bonds is 6. The number of fused-ring (bicyclic) bond motifs is 5. The molecule has 0 heterocycles. The van der Waals surface area contributed by atoms with Crippen molar-refractivity contribution in [2.24, 2.45) is 17.3 Å². The monoisotopic (exact) mass is 465 g/mol. The van der Waals surface area contributed by atoms with E-state index in [1.165, 1.54) is 11.1 Å². The van der Waals surface area contributed by atoms with Crippen molar-refractivity contribution in [1.29, 1.82) is 0 Å². The molecule has 3 aliphatic rings. The first-order valence-corrected chi connectivity index (χ1v) is 13.4. The van der Waals surface area contributed by atoms with Crippen LogP contribution in [0.2, 0.25) is 0 Å². The number of alkyl halides is 1. The largest absolute Gasteiger partial charge is 0.507 e. The van der Waals surface area contributed by atoms with Gasteiger partial charge in [-0.2, -0.15) is 0 Å². The average molecular weight is 466 g/mol.